The average Bonchev–Trinajstić information content (AvgIpc) is 2.49. The molecule has 0 aliphatic heterocycles. The molecule has 0 radical (unpaired) electrons. The molecular formula is C15H12N2O6. The van der Waals surface area contributed by atoms with Gasteiger partial charge in [0.25, 0.3) is 0 Å². The fourth-order valence-corrected chi connectivity index (χ4v) is 2.89. The molecular weight excluding hydrogens is 304 g/mol. The Morgan fingerprint density at radius 2 is 1.78 bits per heavy atom. The van der Waals surface area contributed by atoms with Crippen molar-refractivity contribution >= 4 is 23.2 Å². The molecule has 0 saturated heterocycles. The Kier molecular flexibility index (Phi) is 2.85. The number of phenolic OH excluding ortho intramolecular Hbond substituents is 1. The van der Waals surface area contributed by atoms with E-state index in [2.05, 4.69) is 0 Å². The Labute approximate surface area is 129 Å². The molecule has 0 amide bonds. The number of carbonyl (C=O) groups is 3. The molecule has 0 heterocycles. The van der Waals surface area contributed by atoms with Crippen LogP contribution in [0.15, 0.2) is 35.1 Å². The number of aliphatic hydroxyl groups is 1. The molecule has 7 N–H and O–H groups in total. The monoisotopic (exact) mass is 316 g/mol. The van der Waals surface area contributed by atoms with Gasteiger partial charge in [-0.15, -0.1) is 0 Å². The van der Waals surface area contributed by atoms with Crippen LogP contribution in [-0.4, -0.2) is 38.5 Å². The number of hydrogen-bond acceptors (Lipinski definition) is 7. The Balaban J connectivity index is 2.41. The van der Waals surface area contributed by atoms with E-state index < -0.39 is 46.5 Å². The fourth-order valence-electron chi connectivity index (χ4n) is 2.89. The molecule has 3 rings (SSSR count). The highest BCUT2D eigenvalue weighted by atomic mass is 16.4. The normalized spacial score (nSPS) is 23.3. The van der Waals surface area contributed by atoms with Gasteiger partial charge < -0.3 is 26.8 Å². The molecule has 1 atom stereocenters. The van der Waals surface area contributed by atoms with E-state index >= 15 is 0 Å². The Hall–Kier alpha value is -3.13. The molecule has 118 valence electrons. The summed E-state index contributed by atoms with van der Waals surface area (Å²) in [5.74, 6) is -3.95. The quantitative estimate of drug-likeness (QED) is 0.348. The summed E-state index contributed by atoms with van der Waals surface area (Å²) in [6.45, 7) is 0. The zero-order valence-electron chi connectivity index (χ0n) is 11.7. The molecule has 2 aliphatic carbocycles. The third kappa shape index (κ3) is 1.72. The van der Waals surface area contributed by atoms with Gasteiger partial charge in [-0.25, -0.2) is 4.79 Å². The maximum absolute atomic E-state index is 12.7. The maximum Gasteiger partial charge on any atom is 0.340 e. The van der Waals surface area contributed by atoms with Gasteiger partial charge in [0, 0.05) is 17.8 Å². The third-order valence-corrected chi connectivity index (χ3v) is 4.05. The molecule has 23 heavy (non-hydrogen) atoms. The van der Waals surface area contributed by atoms with Crippen LogP contribution in [0, 0.1) is 0 Å². The lowest BCUT2D eigenvalue weighted by Crippen LogP contribution is -2.48. The van der Waals surface area contributed by atoms with Crippen LogP contribution in [0.5, 0.6) is 5.75 Å². The minimum absolute atomic E-state index is 0.108. The van der Waals surface area contributed by atoms with Crippen molar-refractivity contribution in [3.8, 4) is 5.75 Å². The number of ketones is 2. The number of Topliss-reactive ketones (excluding diaryl/α,β-unsaturated/α-hetero) is 2. The number of carboxylic acids is 1. The maximum atomic E-state index is 12.7. The lowest BCUT2D eigenvalue weighted by molar-refractivity contribution is -0.154. The van der Waals surface area contributed by atoms with Gasteiger partial charge in [0.1, 0.15) is 5.75 Å². The number of carbonyl (C=O) groups excluding carboxylic acids is 2. The summed E-state index contributed by atoms with van der Waals surface area (Å²) in [5, 5.41) is 29.6. The van der Waals surface area contributed by atoms with E-state index in [0.29, 0.717) is 0 Å². The average molecular weight is 316 g/mol. The number of allylic oxidation sites excluding steroid dienone is 1. The molecule has 0 aromatic heterocycles. The molecule has 8 heteroatoms. The number of nitrogen functional groups attached to an aromatic ring is 1. The fraction of sp³-hybridized carbons (Fsp3) is 0.133. The number of aliphatic carboxylic acids is 1. The molecule has 0 saturated carbocycles. The highest BCUT2D eigenvalue weighted by Gasteiger charge is 2.51. The molecule has 8 nitrogen and oxygen atoms in total. The minimum atomic E-state index is -2.58. The van der Waals surface area contributed by atoms with Gasteiger partial charge in [-0.1, -0.05) is 6.08 Å². The predicted molar refractivity (Wildman–Crippen MR) is 77.7 cm³/mol. The number of benzene rings is 1. The van der Waals surface area contributed by atoms with Gasteiger partial charge in [-0.3, -0.25) is 9.59 Å². The van der Waals surface area contributed by atoms with Crippen molar-refractivity contribution in [3.63, 3.8) is 0 Å². The van der Waals surface area contributed by atoms with E-state index in [0.717, 1.165) is 12.1 Å². The first-order chi connectivity index (χ1) is 10.7. The van der Waals surface area contributed by atoms with Gasteiger partial charge in [-0.05, 0) is 12.1 Å². The number of hydrogen-bond donors (Lipinski definition) is 5. The number of phenols is 1. The number of fused-ring (bicyclic) bond motifs is 1. The molecule has 0 bridgehead atoms. The van der Waals surface area contributed by atoms with E-state index in [1.165, 1.54) is 6.07 Å². The number of nitrogens with two attached hydrogens (primary N) is 2. The van der Waals surface area contributed by atoms with E-state index in [1.54, 1.807) is 0 Å². The second kappa shape index (κ2) is 4.43. The van der Waals surface area contributed by atoms with Gasteiger partial charge in [-0.2, -0.15) is 0 Å². The van der Waals surface area contributed by atoms with Crippen molar-refractivity contribution in [2.75, 3.05) is 5.73 Å². The van der Waals surface area contributed by atoms with Crippen molar-refractivity contribution in [1.82, 2.24) is 0 Å². The molecule has 0 fully saturated rings. The number of carboxylic acid groups (broad SMARTS) is 1. The van der Waals surface area contributed by atoms with E-state index in [9.17, 15) is 29.7 Å². The van der Waals surface area contributed by atoms with Gasteiger partial charge in [0.2, 0.25) is 0 Å². The number of anilines is 1. The second-order valence-electron chi connectivity index (χ2n) is 5.36. The molecule has 1 aromatic rings. The summed E-state index contributed by atoms with van der Waals surface area (Å²) in [7, 11) is 0. The Morgan fingerprint density at radius 1 is 1.13 bits per heavy atom. The van der Waals surface area contributed by atoms with E-state index in [-0.39, 0.29) is 22.5 Å². The standard InChI is InChI=1S/C15H12N2O6/c16-5-1-2-7(18)10-8(5)13(20)11-9(12(10)19)6(17)3-4-15(11,23)14(21)22/h1-3,18,23H,4,16-17H2,(H,21,22). The topological polar surface area (TPSA) is 164 Å². The predicted octanol–water partition coefficient (Wildman–Crippen LogP) is -0.288. The molecule has 1 aromatic carbocycles. The number of aromatic hydroxyl groups is 1. The van der Waals surface area contributed by atoms with Crippen molar-refractivity contribution in [1.29, 1.82) is 0 Å². The zero-order chi connectivity index (χ0) is 17.1. The van der Waals surface area contributed by atoms with Crippen LogP contribution < -0.4 is 11.5 Å². The Bertz CT molecular complexity index is 867. The highest BCUT2D eigenvalue weighted by molar-refractivity contribution is 6.33. The van der Waals surface area contributed by atoms with Crippen LogP contribution in [0.4, 0.5) is 5.69 Å². The van der Waals surface area contributed by atoms with Crippen molar-refractivity contribution in [2.45, 2.75) is 12.0 Å². The van der Waals surface area contributed by atoms with Crippen LogP contribution in [0.25, 0.3) is 0 Å². The minimum Gasteiger partial charge on any atom is -0.507 e. The van der Waals surface area contributed by atoms with Crippen LogP contribution in [0.3, 0.4) is 0 Å². The largest absolute Gasteiger partial charge is 0.507 e. The smallest absolute Gasteiger partial charge is 0.340 e. The first-order valence-electron chi connectivity index (χ1n) is 6.57. The SMILES string of the molecule is NC1=CCC(O)(C(=O)O)C2=C1C(=O)c1c(O)ccc(N)c1C2=O. The van der Waals surface area contributed by atoms with E-state index in [4.69, 9.17) is 11.5 Å². The third-order valence-electron chi connectivity index (χ3n) is 4.05. The Morgan fingerprint density at radius 3 is 2.39 bits per heavy atom. The zero-order valence-corrected chi connectivity index (χ0v) is 11.7. The molecule has 1 unspecified atom stereocenters. The van der Waals surface area contributed by atoms with E-state index in [1.807, 2.05) is 0 Å². The van der Waals surface area contributed by atoms with Gasteiger partial charge >= 0.3 is 5.97 Å². The molecule has 0 spiro atoms. The van der Waals surface area contributed by atoms with Crippen molar-refractivity contribution in [3.05, 3.63) is 46.2 Å². The van der Waals surface area contributed by atoms with Crippen LogP contribution in [-0.2, 0) is 4.79 Å². The highest BCUT2D eigenvalue weighted by Crippen LogP contribution is 2.43. The van der Waals surface area contributed by atoms with Crippen LogP contribution in [0.2, 0.25) is 0 Å². The summed E-state index contributed by atoms with van der Waals surface area (Å²) >= 11 is 0. The van der Waals surface area contributed by atoms with Crippen LogP contribution in [0.1, 0.15) is 27.1 Å². The van der Waals surface area contributed by atoms with Crippen molar-refractivity contribution in [2.24, 2.45) is 5.73 Å². The summed E-state index contributed by atoms with van der Waals surface area (Å²) in [6, 6.07) is 2.36. The van der Waals surface area contributed by atoms with Gasteiger partial charge in [0.15, 0.2) is 17.2 Å². The lowest BCUT2D eigenvalue weighted by atomic mass is 9.71. The first-order valence-corrected chi connectivity index (χ1v) is 6.57. The van der Waals surface area contributed by atoms with Crippen LogP contribution >= 0.6 is 0 Å². The van der Waals surface area contributed by atoms with Gasteiger partial charge in [0.05, 0.1) is 22.3 Å². The first kappa shape index (κ1) is 14.8. The summed E-state index contributed by atoms with van der Waals surface area (Å²) in [6.07, 6.45) is 0.701. The second-order valence-corrected chi connectivity index (χ2v) is 5.36. The lowest BCUT2D eigenvalue weighted by Gasteiger charge is -2.34. The number of rotatable bonds is 1. The molecule has 2 aliphatic rings. The summed E-state index contributed by atoms with van der Waals surface area (Å²) < 4.78 is 0. The van der Waals surface area contributed by atoms with Crippen molar-refractivity contribution < 1.29 is 29.7 Å². The summed E-state index contributed by atoms with van der Waals surface area (Å²) in [4.78, 5) is 36.8. The summed E-state index contributed by atoms with van der Waals surface area (Å²) in [5.41, 5.74) is 6.89.